The summed E-state index contributed by atoms with van der Waals surface area (Å²) in [6, 6.07) is 6.68. The predicted octanol–water partition coefficient (Wildman–Crippen LogP) is 5.40. The molecule has 0 atom stereocenters. The summed E-state index contributed by atoms with van der Waals surface area (Å²) >= 11 is 0. The maximum Gasteiger partial charge on any atom is 0.0726 e. The standard InChI is InChI=1S/C19H28N2/c1-8-20-18-15-11-14(19(5,6)7)9-10-16(15)21-13(4)17(18)12(2)3/h9-12H,8H2,1-7H3,(H,20,21). The lowest BCUT2D eigenvalue weighted by Crippen LogP contribution is -2.12. The summed E-state index contributed by atoms with van der Waals surface area (Å²) in [7, 11) is 0. The fourth-order valence-corrected chi connectivity index (χ4v) is 2.94. The lowest BCUT2D eigenvalue weighted by atomic mass is 9.85. The average molecular weight is 284 g/mol. The smallest absolute Gasteiger partial charge is 0.0726 e. The average Bonchev–Trinajstić information content (AvgIpc) is 2.36. The molecule has 1 heterocycles. The van der Waals surface area contributed by atoms with E-state index in [-0.39, 0.29) is 5.41 Å². The summed E-state index contributed by atoms with van der Waals surface area (Å²) in [4.78, 5) is 4.82. The van der Waals surface area contributed by atoms with Crippen molar-refractivity contribution in [1.29, 1.82) is 0 Å². The zero-order valence-electron chi connectivity index (χ0n) is 14.5. The molecule has 0 saturated carbocycles. The van der Waals surface area contributed by atoms with Gasteiger partial charge in [-0.3, -0.25) is 4.98 Å². The SMILES string of the molecule is CCNc1c(C(C)C)c(C)nc2ccc(C(C)(C)C)cc12. The molecule has 1 aromatic heterocycles. The first-order chi connectivity index (χ1) is 9.75. The van der Waals surface area contributed by atoms with E-state index in [1.807, 2.05) is 0 Å². The number of fused-ring (bicyclic) bond motifs is 1. The van der Waals surface area contributed by atoms with E-state index in [9.17, 15) is 0 Å². The molecule has 114 valence electrons. The van der Waals surface area contributed by atoms with Crippen LogP contribution in [-0.4, -0.2) is 11.5 Å². The Labute approximate surface area is 129 Å². The van der Waals surface area contributed by atoms with Crippen molar-refractivity contribution in [2.24, 2.45) is 0 Å². The van der Waals surface area contributed by atoms with E-state index in [1.54, 1.807) is 0 Å². The number of rotatable bonds is 3. The highest BCUT2D eigenvalue weighted by atomic mass is 14.9. The van der Waals surface area contributed by atoms with Gasteiger partial charge >= 0.3 is 0 Å². The summed E-state index contributed by atoms with van der Waals surface area (Å²) in [5, 5.41) is 4.83. The lowest BCUT2D eigenvalue weighted by molar-refractivity contribution is 0.591. The predicted molar refractivity (Wildman–Crippen MR) is 93.4 cm³/mol. The third-order valence-corrected chi connectivity index (χ3v) is 4.01. The van der Waals surface area contributed by atoms with Gasteiger partial charge in [0.2, 0.25) is 0 Å². The van der Waals surface area contributed by atoms with Gasteiger partial charge in [0.1, 0.15) is 0 Å². The Morgan fingerprint density at radius 2 is 1.86 bits per heavy atom. The molecule has 0 radical (unpaired) electrons. The van der Waals surface area contributed by atoms with Crippen LogP contribution in [-0.2, 0) is 5.41 Å². The van der Waals surface area contributed by atoms with Crippen LogP contribution in [0.15, 0.2) is 18.2 Å². The Morgan fingerprint density at radius 3 is 2.38 bits per heavy atom. The molecule has 1 N–H and O–H groups in total. The van der Waals surface area contributed by atoms with Crippen molar-refractivity contribution in [3.05, 3.63) is 35.0 Å². The number of nitrogens with zero attached hydrogens (tertiary/aromatic N) is 1. The summed E-state index contributed by atoms with van der Waals surface area (Å²) in [6.45, 7) is 16.4. The van der Waals surface area contributed by atoms with Gasteiger partial charge in [-0.2, -0.15) is 0 Å². The molecule has 0 unspecified atom stereocenters. The first-order valence-corrected chi connectivity index (χ1v) is 7.94. The van der Waals surface area contributed by atoms with Crippen molar-refractivity contribution in [3.8, 4) is 0 Å². The zero-order valence-corrected chi connectivity index (χ0v) is 14.5. The summed E-state index contributed by atoms with van der Waals surface area (Å²) < 4.78 is 0. The van der Waals surface area contributed by atoms with Gasteiger partial charge < -0.3 is 5.32 Å². The molecule has 2 rings (SSSR count). The molecule has 1 aromatic carbocycles. The van der Waals surface area contributed by atoms with E-state index in [0.29, 0.717) is 5.92 Å². The number of hydrogen-bond acceptors (Lipinski definition) is 2. The molecule has 2 heteroatoms. The zero-order chi connectivity index (χ0) is 15.8. The molecule has 0 aliphatic heterocycles. The molecule has 0 fully saturated rings. The van der Waals surface area contributed by atoms with E-state index in [2.05, 4.69) is 72.0 Å². The quantitative estimate of drug-likeness (QED) is 0.816. The van der Waals surface area contributed by atoms with E-state index in [0.717, 1.165) is 17.8 Å². The summed E-state index contributed by atoms with van der Waals surface area (Å²) in [5.41, 5.74) is 6.34. The molecule has 2 nitrogen and oxygen atoms in total. The molecule has 0 aliphatic rings. The van der Waals surface area contributed by atoms with Crippen LogP contribution in [0.1, 0.15) is 64.3 Å². The van der Waals surface area contributed by atoms with E-state index < -0.39 is 0 Å². The van der Waals surface area contributed by atoms with Gasteiger partial charge in [0.15, 0.2) is 0 Å². The van der Waals surface area contributed by atoms with Crippen molar-refractivity contribution in [2.45, 2.75) is 59.8 Å². The Balaban J connectivity index is 2.81. The number of nitrogens with one attached hydrogen (secondary N) is 1. The van der Waals surface area contributed by atoms with Crippen LogP contribution in [0.25, 0.3) is 10.9 Å². The van der Waals surface area contributed by atoms with Gasteiger partial charge in [0.05, 0.1) is 5.52 Å². The minimum Gasteiger partial charge on any atom is -0.384 e. The van der Waals surface area contributed by atoms with Crippen molar-refractivity contribution < 1.29 is 0 Å². The number of aryl methyl sites for hydroxylation is 1. The van der Waals surface area contributed by atoms with Crippen molar-refractivity contribution in [2.75, 3.05) is 11.9 Å². The minimum atomic E-state index is 0.153. The second kappa shape index (κ2) is 5.67. The Hall–Kier alpha value is -1.57. The van der Waals surface area contributed by atoms with Crippen LogP contribution in [0, 0.1) is 6.92 Å². The largest absolute Gasteiger partial charge is 0.384 e. The second-order valence-corrected chi connectivity index (χ2v) is 7.15. The van der Waals surface area contributed by atoms with Crippen LogP contribution in [0.4, 0.5) is 5.69 Å². The molecule has 0 saturated heterocycles. The Kier molecular flexibility index (Phi) is 4.27. The van der Waals surface area contributed by atoms with Gasteiger partial charge in [-0.05, 0) is 48.4 Å². The highest BCUT2D eigenvalue weighted by Gasteiger charge is 2.18. The van der Waals surface area contributed by atoms with Gasteiger partial charge in [0.25, 0.3) is 0 Å². The highest BCUT2D eigenvalue weighted by Crippen LogP contribution is 2.35. The maximum absolute atomic E-state index is 4.82. The third-order valence-electron chi connectivity index (χ3n) is 4.01. The molecule has 0 amide bonds. The lowest BCUT2D eigenvalue weighted by Gasteiger charge is -2.23. The first kappa shape index (κ1) is 15.8. The normalized spacial score (nSPS) is 12.2. The van der Waals surface area contributed by atoms with Crippen LogP contribution in [0.2, 0.25) is 0 Å². The van der Waals surface area contributed by atoms with Gasteiger partial charge in [-0.1, -0.05) is 40.7 Å². The molecule has 0 bridgehead atoms. The molecule has 21 heavy (non-hydrogen) atoms. The fraction of sp³-hybridized carbons (Fsp3) is 0.526. The number of benzene rings is 1. The van der Waals surface area contributed by atoms with E-state index >= 15 is 0 Å². The van der Waals surface area contributed by atoms with Gasteiger partial charge in [-0.15, -0.1) is 0 Å². The van der Waals surface area contributed by atoms with Crippen LogP contribution < -0.4 is 5.32 Å². The Morgan fingerprint density at radius 1 is 1.19 bits per heavy atom. The number of hydrogen-bond donors (Lipinski definition) is 1. The molecule has 2 aromatic rings. The Bertz CT molecular complexity index is 649. The monoisotopic (exact) mass is 284 g/mol. The van der Waals surface area contributed by atoms with Gasteiger partial charge in [-0.25, -0.2) is 0 Å². The molecule has 0 spiro atoms. The van der Waals surface area contributed by atoms with Gasteiger partial charge in [0, 0.05) is 23.3 Å². The van der Waals surface area contributed by atoms with Crippen LogP contribution in [0.5, 0.6) is 0 Å². The van der Waals surface area contributed by atoms with Crippen molar-refractivity contribution in [1.82, 2.24) is 4.98 Å². The number of aromatic nitrogens is 1. The van der Waals surface area contributed by atoms with E-state index in [4.69, 9.17) is 4.98 Å². The molecular weight excluding hydrogens is 256 g/mol. The highest BCUT2D eigenvalue weighted by molar-refractivity contribution is 5.94. The van der Waals surface area contributed by atoms with Crippen molar-refractivity contribution >= 4 is 16.6 Å². The number of pyridine rings is 1. The fourth-order valence-electron chi connectivity index (χ4n) is 2.94. The second-order valence-electron chi connectivity index (χ2n) is 7.15. The third kappa shape index (κ3) is 3.04. The molecule has 0 aliphatic carbocycles. The molecular formula is C19H28N2. The minimum absolute atomic E-state index is 0.153. The van der Waals surface area contributed by atoms with Crippen LogP contribution in [0.3, 0.4) is 0 Å². The summed E-state index contributed by atoms with van der Waals surface area (Å²) in [5.74, 6) is 0.467. The maximum atomic E-state index is 4.82. The van der Waals surface area contributed by atoms with Crippen molar-refractivity contribution in [3.63, 3.8) is 0 Å². The van der Waals surface area contributed by atoms with E-state index in [1.165, 1.54) is 22.2 Å². The number of anilines is 1. The topological polar surface area (TPSA) is 24.9 Å². The van der Waals surface area contributed by atoms with Crippen LogP contribution >= 0.6 is 0 Å². The first-order valence-electron chi connectivity index (χ1n) is 7.94. The summed E-state index contributed by atoms with van der Waals surface area (Å²) in [6.07, 6.45) is 0.